The summed E-state index contributed by atoms with van der Waals surface area (Å²) < 4.78 is 66.5. The van der Waals surface area contributed by atoms with Crippen LogP contribution in [0.2, 0.25) is 5.02 Å². The number of hydrogen-bond acceptors (Lipinski definition) is 4. The lowest BCUT2D eigenvalue weighted by Gasteiger charge is -2.34. The summed E-state index contributed by atoms with van der Waals surface area (Å²) in [5, 5.41) is 11.7. The number of amides is 1. The molecule has 0 heterocycles. The zero-order chi connectivity index (χ0) is 23.9. The maximum Gasteiger partial charge on any atom is 0.255 e. The third-order valence-corrected chi connectivity index (χ3v) is 9.10. The Bertz CT molecular complexity index is 1150. The van der Waals surface area contributed by atoms with Gasteiger partial charge in [0, 0.05) is 30.0 Å². The average molecular weight is 502 g/mol. The number of nitrogens with one attached hydrogen (secondary N) is 1. The first-order valence-corrected chi connectivity index (χ1v) is 12.7. The molecular formula is C23H23ClF3NO4S. The first-order valence-electron chi connectivity index (χ1n) is 10.7. The van der Waals surface area contributed by atoms with Gasteiger partial charge in [0.15, 0.2) is 27.3 Å². The van der Waals surface area contributed by atoms with Gasteiger partial charge < -0.3 is 10.4 Å². The van der Waals surface area contributed by atoms with Crippen LogP contribution in [-0.2, 0) is 9.84 Å². The molecule has 2 bridgehead atoms. The van der Waals surface area contributed by atoms with Gasteiger partial charge >= 0.3 is 0 Å². The van der Waals surface area contributed by atoms with Gasteiger partial charge in [0.1, 0.15) is 0 Å². The molecule has 2 saturated carbocycles. The number of aliphatic hydroxyl groups excluding tert-OH is 1. The van der Waals surface area contributed by atoms with E-state index in [2.05, 4.69) is 5.32 Å². The molecule has 10 heteroatoms. The van der Waals surface area contributed by atoms with E-state index in [1.54, 1.807) is 0 Å². The summed E-state index contributed by atoms with van der Waals surface area (Å²) in [7, 11) is -3.83. The number of rotatable bonds is 6. The fourth-order valence-electron chi connectivity index (χ4n) is 5.26. The van der Waals surface area contributed by atoms with Crippen LogP contribution < -0.4 is 5.32 Å². The summed E-state index contributed by atoms with van der Waals surface area (Å²) in [4.78, 5) is 12.4. The second kappa shape index (κ2) is 9.27. The minimum Gasteiger partial charge on any atom is -0.396 e. The van der Waals surface area contributed by atoms with Crippen LogP contribution in [0.15, 0.2) is 35.2 Å². The molecule has 2 fully saturated rings. The highest BCUT2D eigenvalue weighted by Crippen LogP contribution is 2.50. The average Bonchev–Trinajstić information content (AvgIpc) is 2.98. The number of carbonyl (C=O) groups is 1. The minimum absolute atomic E-state index is 0.0261. The van der Waals surface area contributed by atoms with E-state index in [1.807, 2.05) is 0 Å². The molecule has 0 aliphatic heterocycles. The van der Waals surface area contributed by atoms with Gasteiger partial charge in [0.2, 0.25) is 0 Å². The molecule has 33 heavy (non-hydrogen) atoms. The normalized spacial score (nSPS) is 24.6. The van der Waals surface area contributed by atoms with Crippen molar-refractivity contribution in [3.63, 3.8) is 0 Å². The quantitative estimate of drug-likeness (QED) is 0.555. The fraction of sp³-hybridized carbons (Fsp3) is 0.435. The lowest BCUT2D eigenvalue weighted by atomic mass is 9.74. The second-order valence-electron chi connectivity index (χ2n) is 8.92. The first-order chi connectivity index (χ1) is 15.6. The Morgan fingerprint density at radius 3 is 2.24 bits per heavy atom. The summed E-state index contributed by atoms with van der Waals surface area (Å²) in [6.07, 6.45) is 3.47. The van der Waals surface area contributed by atoms with Gasteiger partial charge in [-0.2, -0.15) is 0 Å². The molecule has 0 aromatic heterocycles. The largest absolute Gasteiger partial charge is 0.396 e. The van der Waals surface area contributed by atoms with Gasteiger partial charge in [0.05, 0.1) is 15.7 Å². The van der Waals surface area contributed by atoms with Crippen molar-refractivity contribution in [2.75, 3.05) is 17.7 Å². The topological polar surface area (TPSA) is 83.5 Å². The van der Waals surface area contributed by atoms with E-state index in [1.165, 1.54) is 12.1 Å². The van der Waals surface area contributed by atoms with E-state index in [0.29, 0.717) is 12.1 Å². The van der Waals surface area contributed by atoms with Gasteiger partial charge in [-0.05, 0) is 67.6 Å². The first kappa shape index (κ1) is 24.0. The number of benzene rings is 2. The van der Waals surface area contributed by atoms with Crippen LogP contribution in [0.5, 0.6) is 0 Å². The monoisotopic (exact) mass is 501 g/mol. The molecule has 2 atom stereocenters. The van der Waals surface area contributed by atoms with Crippen LogP contribution in [0, 0.1) is 41.1 Å². The lowest BCUT2D eigenvalue weighted by molar-refractivity contribution is 0.102. The van der Waals surface area contributed by atoms with E-state index in [-0.39, 0.29) is 57.2 Å². The SMILES string of the molecule is O=C(Nc1cc(F)c(F)c(F)c1)c1ccc(Cl)c(S(=O)(=O)CC2C3CCC2CC(CO)C3)c1. The number of anilines is 1. The Balaban J connectivity index is 1.55. The van der Waals surface area contributed by atoms with E-state index < -0.39 is 33.2 Å². The molecule has 2 aliphatic rings. The minimum atomic E-state index is -3.83. The van der Waals surface area contributed by atoms with Gasteiger partial charge in [0.25, 0.3) is 5.91 Å². The van der Waals surface area contributed by atoms with Crippen LogP contribution >= 0.6 is 11.6 Å². The molecule has 1 amide bonds. The summed E-state index contributed by atoms with van der Waals surface area (Å²) in [6.45, 7) is 0.108. The smallest absolute Gasteiger partial charge is 0.255 e. The van der Waals surface area contributed by atoms with Gasteiger partial charge in [-0.15, -0.1) is 0 Å². The number of sulfone groups is 1. The van der Waals surface area contributed by atoms with Gasteiger partial charge in [-0.3, -0.25) is 4.79 Å². The highest BCUT2D eigenvalue weighted by molar-refractivity contribution is 7.91. The van der Waals surface area contributed by atoms with Crippen molar-refractivity contribution in [3.05, 3.63) is 58.4 Å². The number of halogens is 4. The van der Waals surface area contributed by atoms with Crippen LogP contribution in [0.25, 0.3) is 0 Å². The maximum atomic E-state index is 13.4. The van der Waals surface area contributed by atoms with Crippen molar-refractivity contribution in [1.82, 2.24) is 0 Å². The second-order valence-corrected chi connectivity index (χ2v) is 11.3. The van der Waals surface area contributed by atoms with Crippen molar-refractivity contribution >= 4 is 33.0 Å². The molecule has 2 aliphatic carbocycles. The lowest BCUT2D eigenvalue weighted by Crippen LogP contribution is -2.32. The highest BCUT2D eigenvalue weighted by Gasteiger charge is 2.44. The van der Waals surface area contributed by atoms with Crippen LogP contribution in [0.3, 0.4) is 0 Å². The molecule has 4 rings (SSSR count). The number of carbonyl (C=O) groups excluding carboxylic acids is 1. The summed E-state index contributed by atoms with van der Waals surface area (Å²) in [6, 6.07) is 4.98. The third-order valence-electron chi connectivity index (χ3n) is 6.83. The van der Waals surface area contributed by atoms with Crippen molar-refractivity contribution in [3.8, 4) is 0 Å². The molecule has 0 radical (unpaired) electrons. The van der Waals surface area contributed by atoms with Crippen LogP contribution in [0.4, 0.5) is 18.9 Å². The molecular weight excluding hydrogens is 479 g/mol. The fourth-order valence-corrected chi connectivity index (χ4v) is 7.63. The Morgan fingerprint density at radius 1 is 1.06 bits per heavy atom. The number of fused-ring (bicyclic) bond motifs is 2. The molecule has 0 saturated heterocycles. The molecule has 178 valence electrons. The standard InChI is InChI=1S/C23H23ClF3NO4S/c24-18-4-3-15(23(30)28-16-8-19(25)22(27)20(26)9-16)7-21(18)33(31,32)11-17-13-1-2-14(17)6-12(5-13)10-29/h3-4,7-9,12-14,17,29H,1-2,5-6,10-11H2,(H,28,30). The Labute approximate surface area is 194 Å². The number of hydrogen-bond donors (Lipinski definition) is 2. The molecule has 2 unspecified atom stereocenters. The predicted octanol–water partition coefficient (Wildman–Crippen LogP) is 4.83. The molecule has 5 nitrogen and oxygen atoms in total. The van der Waals surface area contributed by atoms with E-state index in [4.69, 9.17) is 11.6 Å². The summed E-state index contributed by atoms with van der Waals surface area (Å²) in [5.74, 6) is -4.87. The van der Waals surface area contributed by atoms with Crippen molar-refractivity contribution < 1.29 is 31.5 Å². The van der Waals surface area contributed by atoms with Crippen molar-refractivity contribution in [1.29, 1.82) is 0 Å². The Morgan fingerprint density at radius 2 is 1.67 bits per heavy atom. The zero-order valence-electron chi connectivity index (χ0n) is 17.5. The molecule has 2 aromatic rings. The van der Waals surface area contributed by atoms with Gasteiger partial charge in [-0.1, -0.05) is 11.6 Å². The van der Waals surface area contributed by atoms with Crippen molar-refractivity contribution in [2.24, 2.45) is 23.7 Å². The summed E-state index contributed by atoms with van der Waals surface area (Å²) >= 11 is 6.17. The van der Waals surface area contributed by atoms with Crippen LogP contribution in [-0.4, -0.2) is 31.8 Å². The van der Waals surface area contributed by atoms with Crippen LogP contribution in [0.1, 0.15) is 36.0 Å². The molecule has 2 aromatic carbocycles. The zero-order valence-corrected chi connectivity index (χ0v) is 19.1. The van der Waals surface area contributed by atoms with Crippen molar-refractivity contribution in [2.45, 2.75) is 30.6 Å². The third kappa shape index (κ3) is 4.90. The van der Waals surface area contributed by atoms with Gasteiger partial charge in [-0.25, -0.2) is 21.6 Å². The predicted molar refractivity (Wildman–Crippen MR) is 117 cm³/mol. The molecule has 2 N–H and O–H groups in total. The Kier molecular flexibility index (Phi) is 6.75. The summed E-state index contributed by atoms with van der Waals surface area (Å²) in [5.41, 5.74) is -0.386. The maximum absolute atomic E-state index is 13.4. The highest BCUT2D eigenvalue weighted by atomic mass is 35.5. The Hall–Kier alpha value is -2.10. The molecule has 0 spiro atoms. The van der Waals surface area contributed by atoms with E-state index >= 15 is 0 Å². The van der Waals surface area contributed by atoms with E-state index in [0.717, 1.165) is 31.7 Å². The number of aliphatic hydroxyl groups is 1. The van der Waals surface area contributed by atoms with E-state index in [9.17, 15) is 31.5 Å².